The summed E-state index contributed by atoms with van der Waals surface area (Å²) in [5.74, 6) is 0.0711. The molecule has 0 N–H and O–H groups in total. The zero-order valence-electron chi connectivity index (χ0n) is 12.3. The third-order valence-electron chi connectivity index (χ3n) is 2.75. The Morgan fingerprint density at radius 1 is 1.30 bits per heavy atom. The zero-order valence-corrected chi connectivity index (χ0v) is 14.8. The molecular formula is C12H22N2O3S3. The first-order chi connectivity index (χ1) is 9.31. The van der Waals surface area contributed by atoms with E-state index in [0.717, 1.165) is 30.6 Å². The van der Waals surface area contributed by atoms with E-state index in [2.05, 4.69) is 10.2 Å². The quantitative estimate of drug-likeness (QED) is 0.680. The lowest BCUT2D eigenvalue weighted by molar-refractivity contribution is 0.560. The Kier molecular flexibility index (Phi) is 6.90. The van der Waals surface area contributed by atoms with Crippen LogP contribution < -0.4 is 0 Å². The molecule has 1 rings (SSSR count). The lowest BCUT2D eigenvalue weighted by Gasteiger charge is -2.16. The summed E-state index contributed by atoms with van der Waals surface area (Å²) in [4.78, 5) is 0. The highest BCUT2D eigenvalue weighted by molar-refractivity contribution is 7.96. The van der Waals surface area contributed by atoms with Crippen LogP contribution in [0.3, 0.4) is 0 Å². The first-order valence-electron chi connectivity index (χ1n) is 6.78. The zero-order chi connectivity index (χ0) is 15.3. The van der Waals surface area contributed by atoms with Crippen LogP contribution in [0.4, 0.5) is 0 Å². The smallest absolute Gasteiger partial charge is 0.323 e. The van der Waals surface area contributed by atoms with Gasteiger partial charge in [0, 0.05) is 11.2 Å². The first-order valence-corrected chi connectivity index (χ1v) is 10.5. The molecule has 1 aromatic rings. The van der Waals surface area contributed by atoms with Crippen molar-refractivity contribution in [1.29, 1.82) is 0 Å². The summed E-state index contributed by atoms with van der Waals surface area (Å²) >= 11 is -0.318. The second-order valence-corrected chi connectivity index (χ2v) is 10.2. The van der Waals surface area contributed by atoms with E-state index in [1.165, 1.54) is 0 Å². The van der Waals surface area contributed by atoms with Gasteiger partial charge in [0.05, 0.1) is 5.75 Å². The number of hydrogen-bond donors (Lipinski definition) is 0. The van der Waals surface area contributed by atoms with E-state index in [9.17, 15) is 13.0 Å². The molecule has 0 saturated heterocycles. The van der Waals surface area contributed by atoms with Crippen molar-refractivity contribution in [2.45, 2.75) is 60.9 Å². The summed E-state index contributed by atoms with van der Waals surface area (Å²) in [6, 6.07) is 0. The lowest BCUT2D eigenvalue weighted by atomic mass is 10.2. The number of rotatable bonds is 8. The largest absolute Gasteiger partial charge is 0.609 e. The molecule has 0 fully saturated rings. The normalized spacial score (nSPS) is 15.5. The molecule has 116 valence electrons. The Bertz CT molecular complexity index is 514. The van der Waals surface area contributed by atoms with Gasteiger partial charge in [-0.2, -0.15) is 0 Å². The standard InChI is InChI=1S/C12H22N2O3S3/c1-5-7-10(6-2)19(15)11-13-14-12(18-11)20(16,17)8-9(3)4/h9-10H,5-8H2,1-4H3. The fourth-order valence-electron chi connectivity index (χ4n) is 1.84. The minimum absolute atomic E-state index is 0.0131. The molecule has 0 aromatic carbocycles. The third kappa shape index (κ3) is 4.68. The van der Waals surface area contributed by atoms with Gasteiger partial charge >= 0.3 is 4.34 Å². The average molecular weight is 339 g/mol. The number of sulfone groups is 1. The van der Waals surface area contributed by atoms with Crippen molar-refractivity contribution in [2.75, 3.05) is 5.75 Å². The molecule has 0 amide bonds. The maximum absolute atomic E-state index is 12.4. The first kappa shape index (κ1) is 17.9. The van der Waals surface area contributed by atoms with Crippen LogP contribution >= 0.6 is 11.3 Å². The van der Waals surface area contributed by atoms with Crippen molar-refractivity contribution in [3.8, 4) is 0 Å². The highest BCUT2D eigenvalue weighted by Gasteiger charge is 2.30. The maximum Gasteiger partial charge on any atom is 0.323 e. The fourth-order valence-corrected chi connectivity index (χ4v) is 6.58. The van der Waals surface area contributed by atoms with E-state index in [4.69, 9.17) is 0 Å². The van der Waals surface area contributed by atoms with Crippen LogP contribution in [-0.2, 0) is 21.0 Å². The van der Waals surface area contributed by atoms with E-state index in [0.29, 0.717) is 4.34 Å². The highest BCUT2D eigenvalue weighted by Crippen LogP contribution is 2.27. The van der Waals surface area contributed by atoms with Gasteiger partial charge in [-0.05, 0) is 30.1 Å². The van der Waals surface area contributed by atoms with Gasteiger partial charge in [-0.3, -0.25) is 0 Å². The molecule has 0 aliphatic heterocycles. The highest BCUT2D eigenvalue weighted by atomic mass is 32.3. The predicted octanol–water partition coefficient (Wildman–Crippen LogP) is 2.65. The Balaban J connectivity index is 2.91. The van der Waals surface area contributed by atoms with Crippen molar-refractivity contribution >= 4 is 32.3 Å². The van der Waals surface area contributed by atoms with Gasteiger partial charge in [-0.25, -0.2) is 8.42 Å². The molecule has 2 unspecified atom stereocenters. The van der Waals surface area contributed by atoms with E-state index >= 15 is 0 Å². The van der Waals surface area contributed by atoms with Gasteiger partial charge < -0.3 is 4.55 Å². The van der Waals surface area contributed by atoms with E-state index in [-0.39, 0.29) is 21.3 Å². The average Bonchev–Trinajstić information content (AvgIpc) is 2.83. The molecule has 0 spiro atoms. The monoisotopic (exact) mass is 338 g/mol. The Morgan fingerprint density at radius 2 is 1.95 bits per heavy atom. The molecule has 1 heterocycles. The molecule has 0 bridgehead atoms. The van der Waals surface area contributed by atoms with E-state index < -0.39 is 21.0 Å². The predicted molar refractivity (Wildman–Crippen MR) is 82.2 cm³/mol. The molecule has 5 nitrogen and oxygen atoms in total. The topological polar surface area (TPSA) is 83.0 Å². The molecule has 2 atom stereocenters. The minimum atomic E-state index is -3.41. The molecule has 0 radical (unpaired) electrons. The van der Waals surface area contributed by atoms with Gasteiger partial charge in [0.1, 0.15) is 5.25 Å². The maximum atomic E-state index is 12.4. The Morgan fingerprint density at radius 3 is 2.45 bits per heavy atom. The second kappa shape index (κ2) is 7.72. The van der Waals surface area contributed by atoms with Crippen LogP contribution in [0, 0.1) is 5.92 Å². The minimum Gasteiger partial charge on any atom is -0.609 e. The number of aromatic nitrogens is 2. The molecule has 1 aromatic heterocycles. The molecule has 20 heavy (non-hydrogen) atoms. The van der Waals surface area contributed by atoms with Crippen LogP contribution in [-0.4, -0.2) is 34.2 Å². The van der Waals surface area contributed by atoms with Crippen molar-refractivity contribution in [3.63, 3.8) is 0 Å². The van der Waals surface area contributed by atoms with Gasteiger partial charge in [-0.15, -0.1) is 5.10 Å². The van der Waals surface area contributed by atoms with Crippen LogP contribution in [0.5, 0.6) is 0 Å². The van der Waals surface area contributed by atoms with E-state index in [1.54, 1.807) is 0 Å². The fraction of sp³-hybridized carbons (Fsp3) is 0.833. The molecule has 0 aliphatic rings. The summed E-state index contributed by atoms with van der Waals surface area (Å²) in [7, 11) is -3.41. The van der Waals surface area contributed by atoms with Crippen LogP contribution in [0.25, 0.3) is 0 Å². The van der Waals surface area contributed by atoms with Crippen molar-refractivity contribution < 1.29 is 13.0 Å². The van der Waals surface area contributed by atoms with Crippen molar-refractivity contribution in [2.24, 2.45) is 5.92 Å². The van der Waals surface area contributed by atoms with E-state index in [1.807, 2.05) is 27.7 Å². The number of nitrogens with zero attached hydrogens (tertiary/aromatic N) is 2. The van der Waals surface area contributed by atoms with Crippen LogP contribution in [0.15, 0.2) is 8.68 Å². The van der Waals surface area contributed by atoms with Crippen LogP contribution in [0.2, 0.25) is 0 Å². The summed E-state index contributed by atoms with van der Waals surface area (Å²) in [6.45, 7) is 7.70. The Hall–Kier alpha value is -0.180. The third-order valence-corrected chi connectivity index (χ3v) is 8.33. The molecular weight excluding hydrogens is 316 g/mol. The van der Waals surface area contributed by atoms with Gasteiger partial charge in [0.25, 0.3) is 0 Å². The van der Waals surface area contributed by atoms with Gasteiger partial charge in [0.15, 0.2) is 0 Å². The van der Waals surface area contributed by atoms with Gasteiger partial charge in [0.2, 0.25) is 14.2 Å². The van der Waals surface area contributed by atoms with Gasteiger partial charge in [-0.1, -0.05) is 39.2 Å². The summed E-state index contributed by atoms with van der Waals surface area (Å²) in [6.07, 6.45) is 2.58. The summed E-state index contributed by atoms with van der Waals surface area (Å²) in [5.41, 5.74) is 0. The summed E-state index contributed by atoms with van der Waals surface area (Å²) in [5, 5.41) is 7.58. The molecule has 0 saturated carbocycles. The molecule has 0 aliphatic carbocycles. The lowest BCUT2D eigenvalue weighted by Crippen LogP contribution is -2.20. The Labute approximate surface area is 128 Å². The SMILES string of the molecule is CCCC(CC)[S+]([O-])c1nnc(S(=O)(=O)CC(C)C)s1. The molecule has 8 heteroatoms. The second-order valence-electron chi connectivity index (χ2n) is 5.13. The van der Waals surface area contributed by atoms with Crippen molar-refractivity contribution in [3.05, 3.63) is 0 Å². The number of hydrogen-bond acceptors (Lipinski definition) is 6. The summed E-state index contributed by atoms with van der Waals surface area (Å²) < 4.78 is 36.8. The van der Waals surface area contributed by atoms with Crippen LogP contribution in [0.1, 0.15) is 47.0 Å². The van der Waals surface area contributed by atoms with Crippen molar-refractivity contribution in [1.82, 2.24) is 10.2 Å².